The Bertz CT molecular complexity index is 174. The van der Waals surface area contributed by atoms with Crippen molar-refractivity contribution < 1.29 is 25.6 Å². The third-order valence-corrected chi connectivity index (χ3v) is 7.17. The van der Waals surface area contributed by atoms with Gasteiger partial charge < -0.3 is 0 Å². The third-order valence-electron chi connectivity index (χ3n) is 1.99. The van der Waals surface area contributed by atoms with Gasteiger partial charge in [-0.3, -0.25) is 0 Å². The van der Waals surface area contributed by atoms with E-state index in [2.05, 4.69) is 53.3 Å². The van der Waals surface area contributed by atoms with Gasteiger partial charge >= 0.3 is 49.5 Å². The SMILES string of the molecule is CP(C)CCP(C)C.CP(C)CCP(C)C.[Cl][Th]([Cl])([Cl])[Cl]. The molecule has 0 saturated heterocycles. The minimum absolute atomic E-state index is 0.383. The van der Waals surface area contributed by atoms with Crippen LogP contribution in [0.25, 0.3) is 0 Å². The molecule has 0 aliphatic carbocycles. The van der Waals surface area contributed by atoms with Gasteiger partial charge in [-0.05, 0) is 78.0 Å². The number of hydrogen-bond donors (Lipinski definition) is 0. The van der Waals surface area contributed by atoms with Gasteiger partial charge in [0.2, 0.25) is 0 Å². The van der Waals surface area contributed by atoms with E-state index in [4.69, 9.17) is 23.9 Å². The molecule has 0 heterocycles. The normalized spacial score (nSPS) is 11.4. The zero-order chi connectivity index (χ0) is 17.6. The van der Waals surface area contributed by atoms with Gasteiger partial charge in [-0.15, -0.1) is 31.7 Å². The fraction of sp³-hybridized carbons (Fsp3) is 1.00. The fourth-order valence-electron chi connectivity index (χ4n) is 0.800. The van der Waals surface area contributed by atoms with E-state index in [0.29, 0.717) is 31.7 Å². The molecule has 0 radical (unpaired) electrons. The van der Waals surface area contributed by atoms with Gasteiger partial charge in [-0.25, -0.2) is 0 Å². The molecule has 0 nitrogen and oxygen atoms in total. The van der Waals surface area contributed by atoms with Gasteiger partial charge in [0.25, 0.3) is 0 Å². The van der Waals surface area contributed by atoms with Crippen LogP contribution in [-0.4, -0.2) is 78.0 Å². The standard InChI is InChI=1S/2C6H16P2.4ClH.Th/c2*1-7(2)5-6-8(3)4;;;;;/h2*5-6H2,1-4H3;4*1H;/q;;;;;;+4/p-4. The molecular weight excluding hydrogens is 642 g/mol. The van der Waals surface area contributed by atoms with Crippen LogP contribution in [0.1, 0.15) is 0 Å². The predicted octanol–water partition coefficient (Wildman–Crippen LogP) is 7.70. The van der Waals surface area contributed by atoms with Gasteiger partial charge in [0.05, 0.1) is 0 Å². The molecule has 0 spiro atoms. The van der Waals surface area contributed by atoms with Crippen LogP contribution in [0.4, 0.5) is 0 Å². The van der Waals surface area contributed by atoms with E-state index in [1.807, 2.05) is 0 Å². The second-order valence-electron chi connectivity index (χ2n) is 5.64. The van der Waals surface area contributed by atoms with Crippen molar-refractivity contribution in [3.8, 4) is 0 Å². The first-order valence-corrected chi connectivity index (χ1v) is 36.4. The van der Waals surface area contributed by atoms with Gasteiger partial charge in [-0.1, -0.05) is 0 Å². The molecule has 0 N–H and O–H groups in total. The van der Waals surface area contributed by atoms with Crippen LogP contribution in [0, 0.1) is 25.6 Å². The molecule has 0 amide bonds. The Hall–Kier alpha value is 4.20. The number of halogens is 4. The Morgan fingerprint density at radius 3 is 0.619 bits per heavy atom. The van der Waals surface area contributed by atoms with E-state index in [0.717, 1.165) is 0 Å². The first-order chi connectivity index (χ1) is 9.25. The monoisotopic (exact) mass is 672 g/mol. The fourth-order valence-corrected chi connectivity index (χ4v) is 7.20. The maximum absolute atomic E-state index is 5.06. The Balaban J connectivity index is -0.000000239. The molecule has 0 bridgehead atoms. The van der Waals surface area contributed by atoms with E-state index in [-0.39, 0.29) is 0 Å². The summed E-state index contributed by atoms with van der Waals surface area (Å²) in [6.45, 7) is 18.8. The summed E-state index contributed by atoms with van der Waals surface area (Å²) in [6.07, 6.45) is 5.92. The summed E-state index contributed by atoms with van der Waals surface area (Å²) >= 11 is -3.45. The molecule has 0 fully saturated rings. The third kappa shape index (κ3) is 59.1. The van der Waals surface area contributed by atoms with E-state index in [1.165, 1.54) is 24.6 Å². The van der Waals surface area contributed by atoms with Crippen LogP contribution >= 0.6 is 55.6 Å². The Morgan fingerprint density at radius 1 is 0.476 bits per heavy atom. The van der Waals surface area contributed by atoms with Crippen molar-refractivity contribution in [1.29, 1.82) is 0 Å². The predicted molar refractivity (Wildman–Crippen MR) is 118 cm³/mol. The molecule has 0 aromatic rings. The second kappa shape index (κ2) is 19.0. The molecule has 0 aliphatic heterocycles. The first kappa shape index (κ1) is 29.9. The maximum atomic E-state index is 5.06. The molecular formula is C12H32Cl4P4Th. The van der Waals surface area contributed by atoms with E-state index >= 15 is 0 Å². The van der Waals surface area contributed by atoms with Crippen molar-refractivity contribution in [1.82, 2.24) is 0 Å². The van der Waals surface area contributed by atoms with E-state index in [9.17, 15) is 0 Å². The van der Waals surface area contributed by atoms with Crippen LogP contribution in [0.2, 0.25) is 0 Å². The molecule has 0 aliphatic rings. The van der Waals surface area contributed by atoms with Crippen LogP contribution in [0.3, 0.4) is 0 Å². The molecule has 132 valence electrons. The summed E-state index contributed by atoms with van der Waals surface area (Å²) in [5.74, 6) is 20.2. The van der Waals surface area contributed by atoms with E-state index in [1.54, 1.807) is 0 Å². The summed E-state index contributed by atoms with van der Waals surface area (Å²) in [5.41, 5.74) is 0. The summed E-state index contributed by atoms with van der Waals surface area (Å²) < 4.78 is 0. The summed E-state index contributed by atoms with van der Waals surface area (Å²) in [7, 11) is 1.53. The van der Waals surface area contributed by atoms with Crippen LogP contribution in [0.15, 0.2) is 0 Å². The van der Waals surface area contributed by atoms with Crippen LogP contribution in [0.5, 0.6) is 0 Å². The van der Waals surface area contributed by atoms with Crippen molar-refractivity contribution >= 4 is 55.6 Å². The van der Waals surface area contributed by atoms with Crippen LogP contribution in [-0.2, 0) is 0 Å². The Kier molecular flexibility index (Phi) is 27.1. The minimum atomic E-state index is -3.45. The molecule has 0 rings (SSSR count). The van der Waals surface area contributed by atoms with Gasteiger partial charge in [-0.2, -0.15) is 0 Å². The van der Waals surface area contributed by atoms with Crippen LogP contribution < -0.4 is 0 Å². The average Bonchev–Trinajstić information content (AvgIpc) is 2.22. The summed E-state index contributed by atoms with van der Waals surface area (Å²) in [5, 5.41) is 0. The molecule has 0 aromatic heterocycles. The van der Waals surface area contributed by atoms with Gasteiger partial charge in [0.1, 0.15) is 0 Å². The summed E-state index contributed by atoms with van der Waals surface area (Å²) in [4.78, 5) is 0. The first-order valence-electron chi connectivity index (χ1n) is 6.60. The van der Waals surface area contributed by atoms with Gasteiger partial charge in [0.15, 0.2) is 0 Å². The van der Waals surface area contributed by atoms with Crippen molar-refractivity contribution in [3.05, 3.63) is 0 Å². The van der Waals surface area contributed by atoms with E-state index < -0.39 is 25.6 Å². The second-order valence-corrected chi connectivity index (χ2v) is 51.2. The quantitative estimate of drug-likeness (QED) is 0.254. The van der Waals surface area contributed by atoms with Crippen molar-refractivity contribution in [3.63, 3.8) is 0 Å². The van der Waals surface area contributed by atoms with Crippen molar-refractivity contribution in [2.24, 2.45) is 0 Å². The zero-order valence-electron chi connectivity index (χ0n) is 14.6. The number of hydrogen-bond acceptors (Lipinski definition) is 0. The zero-order valence-corrected chi connectivity index (χ0v) is 25.3. The molecule has 0 atom stereocenters. The van der Waals surface area contributed by atoms with Crippen molar-refractivity contribution in [2.45, 2.75) is 0 Å². The number of rotatable bonds is 6. The Labute approximate surface area is 156 Å². The summed E-state index contributed by atoms with van der Waals surface area (Å²) in [6, 6.07) is 0. The molecule has 0 unspecified atom stereocenters. The average molecular weight is 674 g/mol. The molecule has 0 aromatic carbocycles. The molecule has 9 heteroatoms. The Morgan fingerprint density at radius 2 is 0.571 bits per heavy atom. The topological polar surface area (TPSA) is 0 Å². The van der Waals surface area contributed by atoms with Crippen molar-refractivity contribution in [2.75, 3.05) is 78.0 Å². The van der Waals surface area contributed by atoms with Gasteiger partial charge in [0, 0.05) is 0 Å². The molecule has 0 saturated carbocycles. The molecule has 21 heavy (non-hydrogen) atoms.